The van der Waals surface area contributed by atoms with Gasteiger partial charge in [0.05, 0.1) is 23.0 Å². The third-order valence-corrected chi connectivity index (χ3v) is 4.73. The summed E-state index contributed by atoms with van der Waals surface area (Å²) in [6, 6.07) is 20.8. The standard InChI is InChI=1S/C21H15BrClN3O2/c22-18-7-3-1-5-16(18)20(27)25-19-8-4-2-6-17(19)21(28)26-24-13-14-9-11-15(23)12-10-14/h1-13H,(H,25,27)(H,26,28)/b24-13+. The largest absolute Gasteiger partial charge is 0.321 e. The summed E-state index contributed by atoms with van der Waals surface area (Å²) in [5, 5.41) is 7.34. The lowest BCUT2D eigenvalue weighted by Crippen LogP contribution is -2.21. The summed E-state index contributed by atoms with van der Waals surface area (Å²) in [6.07, 6.45) is 1.51. The summed E-state index contributed by atoms with van der Waals surface area (Å²) >= 11 is 9.19. The number of carbonyl (C=O) groups excluding carboxylic acids is 2. The summed E-state index contributed by atoms with van der Waals surface area (Å²) in [7, 11) is 0. The Labute approximate surface area is 175 Å². The Morgan fingerprint density at radius 2 is 1.50 bits per heavy atom. The van der Waals surface area contributed by atoms with Crippen LogP contribution in [0.15, 0.2) is 82.4 Å². The highest BCUT2D eigenvalue weighted by molar-refractivity contribution is 9.10. The fraction of sp³-hybridized carbons (Fsp3) is 0. The number of para-hydroxylation sites is 1. The van der Waals surface area contributed by atoms with E-state index in [9.17, 15) is 9.59 Å². The Morgan fingerprint density at radius 1 is 0.857 bits per heavy atom. The van der Waals surface area contributed by atoms with E-state index in [1.807, 2.05) is 6.07 Å². The van der Waals surface area contributed by atoms with Gasteiger partial charge < -0.3 is 5.32 Å². The van der Waals surface area contributed by atoms with Crippen LogP contribution in [0.25, 0.3) is 0 Å². The zero-order valence-electron chi connectivity index (χ0n) is 14.5. The van der Waals surface area contributed by atoms with Crippen molar-refractivity contribution in [3.05, 3.63) is 99.0 Å². The summed E-state index contributed by atoms with van der Waals surface area (Å²) < 4.78 is 0.669. The first-order valence-electron chi connectivity index (χ1n) is 8.28. The quantitative estimate of drug-likeness (QED) is 0.413. The first-order chi connectivity index (χ1) is 13.5. The molecule has 0 aliphatic heterocycles. The second-order valence-electron chi connectivity index (χ2n) is 5.73. The number of carbonyl (C=O) groups is 2. The van der Waals surface area contributed by atoms with E-state index in [0.717, 1.165) is 5.56 Å². The van der Waals surface area contributed by atoms with Crippen molar-refractivity contribution >= 4 is 51.2 Å². The van der Waals surface area contributed by atoms with Gasteiger partial charge in [-0.3, -0.25) is 9.59 Å². The van der Waals surface area contributed by atoms with Gasteiger partial charge in [-0.1, -0.05) is 48.0 Å². The summed E-state index contributed by atoms with van der Waals surface area (Å²) in [5.41, 5.74) is 4.42. The van der Waals surface area contributed by atoms with Gasteiger partial charge in [-0.15, -0.1) is 0 Å². The van der Waals surface area contributed by atoms with Crippen molar-refractivity contribution in [3.8, 4) is 0 Å². The number of hydrogen-bond acceptors (Lipinski definition) is 3. The van der Waals surface area contributed by atoms with Gasteiger partial charge in [0.1, 0.15) is 0 Å². The highest BCUT2D eigenvalue weighted by atomic mass is 79.9. The molecule has 0 saturated carbocycles. The van der Waals surface area contributed by atoms with Crippen LogP contribution in [0, 0.1) is 0 Å². The fourth-order valence-electron chi connectivity index (χ4n) is 2.40. The molecule has 3 rings (SSSR count). The number of halogens is 2. The molecule has 3 aromatic carbocycles. The van der Waals surface area contributed by atoms with Crippen LogP contribution in [0.1, 0.15) is 26.3 Å². The second kappa shape index (κ2) is 9.30. The predicted molar refractivity (Wildman–Crippen MR) is 115 cm³/mol. The van der Waals surface area contributed by atoms with E-state index in [0.29, 0.717) is 26.3 Å². The lowest BCUT2D eigenvalue weighted by molar-refractivity contribution is 0.0956. The Bertz CT molecular complexity index is 1040. The van der Waals surface area contributed by atoms with Gasteiger partial charge >= 0.3 is 0 Å². The zero-order chi connectivity index (χ0) is 19.9. The maximum absolute atomic E-state index is 12.5. The van der Waals surface area contributed by atoms with Crippen molar-refractivity contribution in [3.63, 3.8) is 0 Å². The highest BCUT2D eigenvalue weighted by Gasteiger charge is 2.15. The van der Waals surface area contributed by atoms with Crippen LogP contribution in [0.5, 0.6) is 0 Å². The molecule has 0 spiro atoms. The first kappa shape index (κ1) is 19.8. The third-order valence-electron chi connectivity index (χ3n) is 3.79. The van der Waals surface area contributed by atoms with Gasteiger partial charge in [0, 0.05) is 9.50 Å². The molecule has 0 unspecified atom stereocenters. The van der Waals surface area contributed by atoms with Crippen molar-refractivity contribution in [2.45, 2.75) is 0 Å². The minimum Gasteiger partial charge on any atom is -0.321 e. The van der Waals surface area contributed by atoms with E-state index in [1.54, 1.807) is 66.7 Å². The molecule has 2 N–H and O–H groups in total. The molecular formula is C21H15BrClN3O2. The molecule has 28 heavy (non-hydrogen) atoms. The Morgan fingerprint density at radius 3 is 2.21 bits per heavy atom. The van der Waals surface area contributed by atoms with Gasteiger partial charge in [0.15, 0.2) is 0 Å². The van der Waals surface area contributed by atoms with Crippen LogP contribution in [0.3, 0.4) is 0 Å². The number of anilines is 1. The highest BCUT2D eigenvalue weighted by Crippen LogP contribution is 2.20. The van der Waals surface area contributed by atoms with Crippen molar-refractivity contribution in [1.82, 2.24) is 5.43 Å². The van der Waals surface area contributed by atoms with Crippen LogP contribution in [-0.4, -0.2) is 18.0 Å². The first-order valence-corrected chi connectivity index (χ1v) is 9.45. The van der Waals surface area contributed by atoms with E-state index >= 15 is 0 Å². The van der Waals surface area contributed by atoms with E-state index in [4.69, 9.17) is 11.6 Å². The molecule has 0 fully saturated rings. The third kappa shape index (κ3) is 5.06. The molecule has 0 saturated heterocycles. The van der Waals surface area contributed by atoms with E-state index in [2.05, 4.69) is 31.8 Å². The molecule has 0 aliphatic carbocycles. The maximum atomic E-state index is 12.5. The number of benzene rings is 3. The van der Waals surface area contributed by atoms with Gasteiger partial charge in [-0.2, -0.15) is 5.10 Å². The lowest BCUT2D eigenvalue weighted by Gasteiger charge is -2.10. The SMILES string of the molecule is O=C(Nc1ccccc1C(=O)N/N=C/c1ccc(Cl)cc1)c1ccccc1Br. The summed E-state index contributed by atoms with van der Waals surface area (Å²) in [5.74, 6) is -0.759. The van der Waals surface area contributed by atoms with Gasteiger partial charge in [0.2, 0.25) is 0 Å². The van der Waals surface area contributed by atoms with Crippen LogP contribution < -0.4 is 10.7 Å². The van der Waals surface area contributed by atoms with E-state index in [-0.39, 0.29) is 5.91 Å². The minimum absolute atomic E-state index is 0.302. The Balaban J connectivity index is 1.72. The van der Waals surface area contributed by atoms with Crippen molar-refractivity contribution in [2.24, 2.45) is 5.10 Å². The predicted octanol–water partition coefficient (Wildman–Crippen LogP) is 5.12. The molecular weight excluding hydrogens is 442 g/mol. The summed E-state index contributed by atoms with van der Waals surface area (Å²) in [6.45, 7) is 0. The molecule has 140 valence electrons. The molecule has 3 aromatic rings. The number of hydrazone groups is 1. The van der Waals surface area contributed by atoms with Gasteiger partial charge in [-0.05, 0) is 57.9 Å². The number of rotatable bonds is 5. The van der Waals surface area contributed by atoms with Crippen molar-refractivity contribution in [2.75, 3.05) is 5.32 Å². The fourth-order valence-corrected chi connectivity index (χ4v) is 2.99. The van der Waals surface area contributed by atoms with Crippen LogP contribution in [0.4, 0.5) is 5.69 Å². The molecule has 0 bridgehead atoms. The Hall–Kier alpha value is -2.96. The normalized spacial score (nSPS) is 10.6. The van der Waals surface area contributed by atoms with E-state index < -0.39 is 5.91 Å². The Kier molecular flexibility index (Phi) is 6.57. The van der Waals surface area contributed by atoms with Crippen molar-refractivity contribution in [1.29, 1.82) is 0 Å². The van der Waals surface area contributed by atoms with E-state index in [1.165, 1.54) is 6.21 Å². The molecule has 0 aliphatic rings. The molecule has 0 atom stereocenters. The number of hydrogen-bond donors (Lipinski definition) is 2. The number of nitrogens with one attached hydrogen (secondary N) is 2. The number of nitrogens with zero attached hydrogens (tertiary/aromatic N) is 1. The zero-order valence-corrected chi connectivity index (χ0v) is 16.9. The molecule has 0 radical (unpaired) electrons. The maximum Gasteiger partial charge on any atom is 0.273 e. The molecule has 2 amide bonds. The van der Waals surface area contributed by atoms with Crippen molar-refractivity contribution < 1.29 is 9.59 Å². The van der Waals surface area contributed by atoms with Crippen LogP contribution >= 0.6 is 27.5 Å². The molecule has 0 aromatic heterocycles. The second-order valence-corrected chi connectivity index (χ2v) is 7.02. The average Bonchev–Trinajstić information content (AvgIpc) is 2.70. The molecule has 5 nitrogen and oxygen atoms in total. The average molecular weight is 457 g/mol. The smallest absolute Gasteiger partial charge is 0.273 e. The molecule has 0 heterocycles. The monoisotopic (exact) mass is 455 g/mol. The van der Waals surface area contributed by atoms with Crippen LogP contribution in [0.2, 0.25) is 5.02 Å². The minimum atomic E-state index is -0.437. The van der Waals surface area contributed by atoms with Gasteiger partial charge in [-0.25, -0.2) is 5.43 Å². The summed E-state index contributed by atoms with van der Waals surface area (Å²) in [4.78, 5) is 25.0. The van der Waals surface area contributed by atoms with Gasteiger partial charge in [0.25, 0.3) is 11.8 Å². The topological polar surface area (TPSA) is 70.6 Å². The number of amides is 2. The van der Waals surface area contributed by atoms with Crippen LogP contribution in [-0.2, 0) is 0 Å². The molecule has 7 heteroatoms. The lowest BCUT2D eigenvalue weighted by atomic mass is 10.1.